The van der Waals surface area contributed by atoms with Crippen molar-refractivity contribution in [1.29, 1.82) is 0 Å². The summed E-state index contributed by atoms with van der Waals surface area (Å²) < 4.78 is 21.4. The lowest BCUT2D eigenvalue weighted by molar-refractivity contribution is 0.104. The molecule has 0 aliphatic rings. The number of anilines is 1. The molecule has 0 aliphatic carbocycles. The van der Waals surface area contributed by atoms with Gasteiger partial charge in [0.05, 0.1) is 34.0 Å². The third kappa shape index (κ3) is 5.95. The van der Waals surface area contributed by atoms with Crippen molar-refractivity contribution in [3.8, 4) is 23.0 Å². The van der Waals surface area contributed by atoms with Gasteiger partial charge >= 0.3 is 0 Å². The van der Waals surface area contributed by atoms with E-state index in [0.717, 1.165) is 16.8 Å². The second-order valence-electron chi connectivity index (χ2n) is 6.96. The van der Waals surface area contributed by atoms with Crippen LogP contribution in [-0.2, 0) is 0 Å². The summed E-state index contributed by atoms with van der Waals surface area (Å²) in [5.41, 5.74) is 3.26. The van der Waals surface area contributed by atoms with Crippen molar-refractivity contribution in [2.45, 2.75) is 0 Å². The predicted octanol–water partition coefficient (Wildman–Crippen LogP) is 5.70. The van der Waals surface area contributed by atoms with Gasteiger partial charge in [0.25, 0.3) is 0 Å². The van der Waals surface area contributed by atoms with E-state index < -0.39 is 0 Å². The standard InChI is InChI=1S/C27H27NO5/c1-30-24-11-6-5-10-22(24)23(29)14-15-28-21-9-7-8-19(16-21)12-13-20-17-25(31-2)27(33-4)26(18-20)32-3/h5-18,28H,1-4H3/b13-12-,15-14-. The summed E-state index contributed by atoms with van der Waals surface area (Å²) in [5, 5.41) is 3.14. The minimum Gasteiger partial charge on any atom is -0.496 e. The Hall–Kier alpha value is -4.19. The topological polar surface area (TPSA) is 66.0 Å². The van der Waals surface area contributed by atoms with E-state index in [1.807, 2.05) is 54.6 Å². The number of carbonyl (C=O) groups excluding carboxylic acids is 1. The van der Waals surface area contributed by atoms with Gasteiger partial charge in [-0.25, -0.2) is 0 Å². The lowest BCUT2D eigenvalue weighted by Gasteiger charge is -2.12. The van der Waals surface area contributed by atoms with Crippen LogP contribution >= 0.6 is 0 Å². The van der Waals surface area contributed by atoms with Gasteiger partial charge in [-0.05, 0) is 47.5 Å². The van der Waals surface area contributed by atoms with Crippen molar-refractivity contribution in [3.05, 3.63) is 89.6 Å². The monoisotopic (exact) mass is 445 g/mol. The first kappa shape index (κ1) is 23.5. The average Bonchev–Trinajstić information content (AvgIpc) is 2.86. The van der Waals surface area contributed by atoms with E-state index in [9.17, 15) is 4.79 Å². The zero-order valence-corrected chi connectivity index (χ0v) is 19.1. The number of ketones is 1. The summed E-state index contributed by atoms with van der Waals surface area (Å²) in [6.07, 6.45) is 7.05. The number of methoxy groups -OCH3 is 4. The van der Waals surface area contributed by atoms with Crippen molar-refractivity contribution >= 4 is 23.6 Å². The summed E-state index contributed by atoms with van der Waals surface area (Å²) in [6.45, 7) is 0. The highest BCUT2D eigenvalue weighted by Gasteiger charge is 2.12. The lowest BCUT2D eigenvalue weighted by atomic mass is 10.1. The van der Waals surface area contributed by atoms with E-state index in [4.69, 9.17) is 18.9 Å². The minimum atomic E-state index is -0.140. The third-order valence-corrected chi connectivity index (χ3v) is 4.90. The van der Waals surface area contributed by atoms with Crippen LogP contribution in [0.15, 0.2) is 72.9 Å². The summed E-state index contributed by atoms with van der Waals surface area (Å²) >= 11 is 0. The number of benzene rings is 3. The number of hydrogen-bond donors (Lipinski definition) is 1. The van der Waals surface area contributed by atoms with Gasteiger partial charge in [0.15, 0.2) is 17.3 Å². The van der Waals surface area contributed by atoms with Crippen LogP contribution in [0.4, 0.5) is 5.69 Å². The Morgan fingerprint density at radius 2 is 1.39 bits per heavy atom. The Balaban J connectivity index is 1.72. The van der Waals surface area contributed by atoms with Crippen LogP contribution in [0.2, 0.25) is 0 Å². The van der Waals surface area contributed by atoms with Crippen LogP contribution in [0.3, 0.4) is 0 Å². The number of carbonyl (C=O) groups is 1. The molecule has 0 fully saturated rings. The molecule has 0 radical (unpaired) electrons. The van der Waals surface area contributed by atoms with E-state index in [1.54, 1.807) is 52.8 Å². The molecule has 0 amide bonds. The zero-order valence-electron chi connectivity index (χ0n) is 19.1. The summed E-state index contributed by atoms with van der Waals surface area (Å²) in [4.78, 5) is 12.4. The Morgan fingerprint density at radius 3 is 2.06 bits per heavy atom. The van der Waals surface area contributed by atoms with E-state index >= 15 is 0 Å². The maximum atomic E-state index is 12.4. The van der Waals surface area contributed by atoms with Gasteiger partial charge in [-0.2, -0.15) is 0 Å². The minimum absolute atomic E-state index is 0.140. The van der Waals surface area contributed by atoms with Crippen molar-refractivity contribution in [2.24, 2.45) is 0 Å². The second kappa shape index (κ2) is 11.4. The molecule has 1 N–H and O–H groups in total. The molecule has 0 aliphatic heterocycles. The van der Waals surface area contributed by atoms with Gasteiger partial charge in [-0.3, -0.25) is 4.79 Å². The summed E-state index contributed by atoms with van der Waals surface area (Å²) in [5.74, 6) is 2.15. The van der Waals surface area contributed by atoms with Crippen LogP contribution < -0.4 is 24.3 Å². The van der Waals surface area contributed by atoms with Crippen LogP contribution in [0, 0.1) is 0 Å². The average molecular weight is 446 g/mol. The largest absolute Gasteiger partial charge is 0.496 e. The van der Waals surface area contributed by atoms with Gasteiger partial charge in [0.1, 0.15) is 5.75 Å². The smallest absolute Gasteiger partial charge is 0.203 e. The quantitative estimate of drug-likeness (QED) is 0.245. The molecule has 6 heteroatoms. The molecule has 0 spiro atoms. The van der Waals surface area contributed by atoms with Crippen molar-refractivity contribution in [1.82, 2.24) is 0 Å². The maximum Gasteiger partial charge on any atom is 0.203 e. The molecular formula is C27H27NO5. The highest BCUT2D eigenvalue weighted by atomic mass is 16.5. The van der Waals surface area contributed by atoms with E-state index in [0.29, 0.717) is 28.6 Å². The van der Waals surface area contributed by atoms with Gasteiger partial charge in [0, 0.05) is 18.0 Å². The SMILES string of the molecule is COc1ccccc1C(=O)/C=C\Nc1cccc(/C=C\c2cc(OC)c(OC)c(OC)c2)c1. The number of rotatable bonds is 10. The second-order valence-corrected chi connectivity index (χ2v) is 6.96. The van der Waals surface area contributed by atoms with Crippen LogP contribution in [-0.4, -0.2) is 34.2 Å². The normalized spacial score (nSPS) is 10.9. The lowest BCUT2D eigenvalue weighted by Crippen LogP contribution is -1.99. The van der Waals surface area contributed by atoms with Crippen LogP contribution in [0.5, 0.6) is 23.0 Å². The molecule has 33 heavy (non-hydrogen) atoms. The molecule has 0 saturated heterocycles. The van der Waals surface area contributed by atoms with Gasteiger partial charge in [-0.1, -0.05) is 36.4 Å². The van der Waals surface area contributed by atoms with Gasteiger partial charge < -0.3 is 24.3 Å². The van der Waals surface area contributed by atoms with E-state index in [-0.39, 0.29) is 5.78 Å². The highest BCUT2D eigenvalue weighted by Crippen LogP contribution is 2.38. The van der Waals surface area contributed by atoms with Crippen molar-refractivity contribution in [3.63, 3.8) is 0 Å². The molecule has 0 heterocycles. The number of para-hydroxylation sites is 1. The first-order chi connectivity index (χ1) is 16.1. The number of nitrogens with one attached hydrogen (secondary N) is 1. The molecule has 0 aromatic heterocycles. The molecule has 6 nitrogen and oxygen atoms in total. The first-order valence-corrected chi connectivity index (χ1v) is 10.3. The van der Waals surface area contributed by atoms with Gasteiger partial charge in [0.2, 0.25) is 5.75 Å². The molecule has 0 atom stereocenters. The van der Waals surface area contributed by atoms with Crippen molar-refractivity contribution < 1.29 is 23.7 Å². The zero-order chi connectivity index (χ0) is 23.6. The third-order valence-electron chi connectivity index (χ3n) is 4.90. The van der Waals surface area contributed by atoms with Crippen LogP contribution in [0.1, 0.15) is 21.5 Å². The number of allylic oxidation sites excluding steroid dienone is 1. The Labute approximate surface area is 194 Å². The maximum absolute atomic E-state index is 12.4. The number of ether oxygens (including phenoxy) is 4. The Bertz CT molecular complexity index is 1140. The fraction of sp³-hybridized carbons (Fsp3) is 0.148. The molecule has 0 unspecified atom stereocenters. The summed E-state index contributed by atoms with van der Waals surface area (Å²) in [6, 6.07) is 18.7. The molecule has 3 aromatic carbocycles. The molecule has 170 valence electrons. The Morgan fingerprint density at radius 1 is 0.727 bits per heavy atom. The Kier molecular flexibility index (Phi) is 8.13. The molecular weight excluding hydrogens is 418 g/mol. The molecule has 3 rings (SSSR count). The highest BCUT2D eigenvalue weighted by molar-refractivity contribution is 6.06. The van der Waals surface area contributed by atoms with Crippen molar-refractivity contribution in [2.75, 3.05) is 33.8 Å². The van der Waals surface area contributed by atoms with Gasteiger partial charge in [-0.15, -0.1) is 0 Å². The van der Waals surface area contributed by atoms with E-state index in [2.05, 4.69) is 5.32 Å². The van der Waals surface area contributed by atoms with E-state index in [1.165, 1.54) is 6.08 Å². The molecule has 0 bridgehead atoms. The fourth-order valence-corrected chi connectivity index (χ4v) is 3.27. The fourth-order valence-electron chi connectivity index (χ4n) is 3.27. The van der Waals surface area contributed by atoms with Crippen LogP contribution in [0.25, 0.3) is 12.2 Å². The number of hydrogen-bond acceptors (Lipinski definition) is 6. The predicted molar refractivity (Wildman–Crippen MR) is 132 cm³/mol. The molecule has 3 aromatic rings. The molecule has 0 saturated carbocycles. The summed E-state index contributed by atoms with van der Waals surface area (Å²) in [7, 11) is 6.30. The first-order valence-electron chi connectivity index (χ1n) is 10.3.